The van der Waals surface area contributed by atoms with Crippen LogP contribution >= 0.6 is 27.5 Å². The number of hydrogen-bond acceptors (Lipinski definition) is 6. The zero-order valence-corrected chi connectivity index (χ0v) is 22.4. The molecule has 1 fully saturated rings. The molecule has 9 heteroatoms. The number of esters is 1. The minimum absolute atomic E-state index is 0.0156. The number of ether oxygens (including phenoxy) is 3. The number of methoxy groups -OCH3 is 1. The molecule has 0 spiro atoms. The molecule has 34 heavy (non-hydrogen) atoms. The van der Waals surface area contributed by atoms with Crippen molar-refractivity contribution in [1.29, 1.82) is 0 Å². The molecule has 0 N–H and O–H groups in total. The Kier molecular flexibility index (Phi) is 9.07. The van der Waals surface area contributed by atoms with Crippen LogP contribution in [0, 0.1) is 0 Å². The van der Waals surface area contributed by atoms with Gasteiger partial charge in [0.25, 0.3) is 0 Å². The highest BCUT2D eigenvalue weighted by Gasteiger charge is 2.38. The summed E-state index contributed by atoms with van der Waals surface area (Å²) >= 11 is 10.2. The Morgan fingerprint density at radius 2 is 2.06 bits per heavy atom. The first kappa shape index (κ1) is 26.6. The fourth-order valence-electron chi connectivity index (χ4n) is 4.41. The topological polar surface area (TPSA) is 70.0 Å². The average molecular weight is 556 g/mol. The number of aromatic nitrogens is 1. The van der Waals surface area contributed by atoms with Crippen LogP contribution in [-0.4, -0.2) is 43.1 Å². The molecule has 1 unspecified atom stereocenters. The van der Waals surface area contributed by atoms with Crippen LogP contribution in [0.15, 0.2) is 39.9 Å². The standard InChI is InChI=1S/C25H32BrClN2O5/c1-5-33-24(31)18-16-28(11-9-22(18)30)29-21(8-6-10-25(29,2)3)17-14-23(20(27)15-19(17)26)34-13-7-12-32-4/h9,11,14-16,21H,5-8,10,12-13H2,1-4H3. The molecule has 1 atom stereocenters. The molecule has 1 aromatic heterocycles. The van der Waals surface area contributed by atoms with Crippen molar-refractivity contribution in [2.75, 3.05) is 31.9 Å². The second-order valence-corrected chi connectivity index (χ2v) is 10.1. The van der Waals surface area contributed by atoms with Crippen molar-refractivity contribution in [3.05, 3.63) is 61.4 Å². The Labute approximate surface area is 214 Å². The van der Waals surface area contributed by atoms with E-state index < -0.39 is 5.97 Å². The summed E-state index contributed by atoms with van der Waals surface area (Å²) in [6, 6.07) is 5.20. The number of pyridine rings is 1. The van der Waals surface area contributed by atoms with E-state index in [1.54, 1.807) is 26.4 Å². The van der Waals surface area contributed by atoms with Crippen LogP contribution in [0.2, 0.25) is 5.02 Å². The van der Waals surface area contributed by atoms with Crippen molar-refractivity contribution in [1.82, 2.24) is 4.68 Å². The SMILES string of the molecule is CCOC(=O)c1cn(N2C(c3cc(OCCCOC)c(Cl)cc3Br)CCCC2(C)C)ccc1=O. The molecule has 0 radical (unpaired) electrons. The fourth-order valence-corrected chi connectivity index (χ4v) is 5.37. The molecule has 0 bridgehead atoms. The Hall–Kier alpha value is -2.03. The summed E-state index contributed by atoms with van der Waals surface area (Å²) in [5.74, 6) is -0.000878. The molecule has 186 valence electrons. The predicted molar refractivity (Wildman–Crippen MR) is 137 cm³/mol. The van der Waals surface area contributed by atoms with Gasteiger partial charge in [-0.2, -0.15) is 0 Å². The van der Waals surface area contributed by atoms with E-state index in [-0.39, 0.29) is 29.2 Å². The van der Waals surface area contributed by atoms with Gasteiger partial charge in [-0.1, -0.05) is 27.5 Å². The number of hydrogen-bond donors (Lipinski definition) is 0. The van der Waals surface area contributed by atoms with Crippen LogP contribution in [0.1, 0.15) is 68.4 Å². The third-order valence-corrected chi connectivity index (χ3v) is 6.97. The molecule has 0 amide bonds. The average Bonchev–Trinajstić information content (AvgIpc) is 2.78. The van der Waals surface area contributed by atoms with E-state index >= 15 is 0 Å². The lowest BCUT2D eigenvalue weighted by Gasteiger charge is -2.50. The highest BCUT2D eigenvalue weighted by molar-refractivity contribution is 9.10. The van der Waals surface area contributed by atoms with E-state index in [9.17, 15) is 9.59 Å². The summed E-state index contributed by atoms with van der Waals surface area (Å²) in [7, 11) is 1.66. The van der Waals surface area contributed by atoms with Crippen LogP contribution in [0.3, 0.4) is 0 Å². The van der Waals surface area contributed by atoms with Crippen LogP contribution in [0.4, 0.5) is 0 Å². The van der Waals surface area contributed by atoms with Gasteiger partial charge in [0.2, 0.25) is 0 Å². The van der Waals surface area contributed by atoms with E-state index in [2.05, 4.69) is 34.8 Å². The second kappa shape index (κ2) is 11.6. The van der Waals surface area contributed by atoms with Crippen LogP contribution in [0.25, 0.3) is 0 Å². The van der Waals surface area contributed by atoms with Crippen molar-refractivity contribution in [2.24, 2.45) is 0 Å². The Balaban J connectivity index is 2.03. The summed E-state index contributed by atoms with van der Waals surface area (Å²) < 4.78 is 18.9. The van der Waals surface area contributed by atoms with E-state index in [1.807, 2.05) is 16.8 Å². The second-order valence-electron chi connectivity index (χ2n) is 8.89. The first-order chi connectivity index (χ1) is 16.2. The lowest BCUT2D eigenvalue weighted by atomic mass is 9.85. The summed E-state index contributed by atoms with van der Waals surface area (Å²) in [6.07, 6.45) is 6.90. The lowest BCUT2D eigenvalue weighted by molar-refractivity contribution is 0.0523. The van der Waals surface area contributed by atoms with E-state index in [0.717, 1.165) is 35.7 Å². The molecule has 2 aromatic rings. The Bertz CT molecular complexity index is 1070. The number of carbonyl (C=O) groups excluding carboxylic acids is 1. The monoisotopic (exact) mass is 554 g/mol. The maximum Gasteiger partial charge on any atom is 0.343 e. The van der Waals surface area contributed by atoms with Gasteiger partial charge in [-0.15, -0.1) is 0 Å². The van der Waals surface area contributed by atoms with E-state index in [4.69, 9.17) is 25.8 Å². The van der Waals surface area contributed by atoms with Gasteiger partial charge < -0.3 is 19.2 Å². The van der Waals surface area contributed by atoms with Crippen molar-refractivity contribution >= 4 is 33.5 Å². The normalized spacial score (nSPS) is 17.5. The zero-order valence-electron chi connectivity index (χ0n) is 20.1. The molecular formula is C25H32BrClN2O5. The van der Waals surface area contributed by atoms with Gasteiger partial charge in [-0.25, -0.2) is 4.79 Å². The van der Waals surface area contributed by atoms with Crippen LogP contribution in [0.5, 0.6) is 5.75 Å². The Morgan fingerprint density at radius 1 is 1.29 bits per heavy atom. The van der Waals surface area contributed by atoms with Crippen molar-refractivity contribution in [3.8, 4) is 5.75 Å². The summed E-state index contributed by atoms with van der Waals surface area (Å²) in [5.41, 5.74) is 0.431. The minimum atomic E-state index is -0.618. The molecule has 2 heterocycles. The number of carbonyl (C=O) groups is 1. The fraction of sp³-hybridized carbons (Fsp3) is 0.520. The molecule has 7 nitrogen and oxygen atoms in total. The first-order valence-corrected chi connectivity index (χ1v) is 12.7. The molecule has 0 aliphatic carbocycles. The molecule has 3 rings (SSSR count). The quantitative estimate of drug-likeness (QED) is 0.301. The summed E-state index contributed by atoms with van der Waals surface area (Å²) in [6.45, 7) is 7.35. The summed E-state index contributed by atoms with van der Waals surface area (Å²) in [4.78, 5) is 24.8. The van der Waals surface area contributed by atoms with Crippen molar-refractivity contribution in [3.63, 3.8) is 0 Å². The maximum atomic E-state index is 12.4. The number of rotatable bonds is 9. The first-order valence-electron chi connectivity index (χ1n) is 11.5. The number of nitrogens with zero attached hydrogens (tertiary/aromatic N) is 2. The zero-order chi connectivity index (χ0) is 24.9. The van der Waals surface area contributed by atoms with Gasteiger partial charge in [0, 0.05) is 43.1 Å². The molecular weight excluding hydrogens is 524 g/mol. The predicted octanol–water partition coefficient (Wildman–Crippen LogP) is 5.50. The third-order valence-electron chi connectivity index (χ3n) is 5.99. The summed E-state index contributed by atoms with van der Waals surface area (Å²) in [5, 5.41) is 2.74. The highest BCUT2D eigenvalue weighted by atomic mass is 79.9. The molecule has 1 aliphatic rings. The van der Waals surface area contributed by atoms with E-state index in [0.29, 0.717) is 24.0 Å². The number of piperidine rings is 1. The van der Waals surface area contributed by atoms with E-state index in [1.165, 1.54) is 6.07 Å². The van der Waals surface area contributed by atoms with Gasteiger partial charge in [-0.05, 0) is 57.7 Å². The molecule has 1 aromatic carbocycles. The third kappa shape index (κ3) is 5.96. The number of halogens is 2. The van der Waals surface area contributed by atoms with Crippen LogP contribution < -0.4 is 15.2 Å². The van der Waals surface area contributed by atoms with Gasteiger partial charge in [0.05, 0.1) is 29.8 Å². The van der Waals surface area contributed by atoms with Crippen LogP contribution in [-0.2, 0) is 9.47 Å². The lowest BCUT2D eigenvalue weighted by Crippen LogP contribution is -2.55. The van der Waals surface area contributed by atoms with Gasteiger partial charge >= 0.3 is 5.97 Å². The Morgan fingerprint density at radius 3 is 2.76 bits per heavy atom. The molecule has 1 saturated heterocycles. The van der Waals surface area contributed by atoms with Crippen molar-refractivity contribution in [2.45, 2.75) is 58.0 Å². The largest absolute Gasteiger partial charge is 0.492 e. The van der Waals surface area contributed by atoms with Crippen molar-refractivity contribution < 1.29 is 19.0 Å². The molecule has 1 aliphatic heterocycles. The highest BCUT2D eigenvalue weighted by Crippen LogP contribution is 2.43. The number of benzene rings is 1. The van der Waals surface area contributed by atoms with Gasteiger partial charge in [-0.3, -0.25) is 9.47 Å². The molecule has 0 saturated carbocycles. The smallest absolute Gasteiger partial charge is 0.343 e. The minimum Gasteiger partial charge on any atom is -0.492 e. The van der Waals surface area contributed by atoms with Gasteiger partial charge in [0.15, 0.2) is 5.43 Å². The maximum absolute atomic E-state index is 12.4. The van der Waals surface area contributed by atoms with Gasteiger partial charge in [0.1, 0.15) is 11.3 Å².